The third kappa shape index (κ3) is 3.46. The fourth-order valence-corrected chi connectivity index (χ4v) is 2.05. The van der Waals surface area contributed by atoms with Crippen LogP contribution < -0.4 is 16.0 Å². The topological polar surface area (TPSA) is 87.3 Å². The van der Waals surface area contributed by atoms with Crippen molar-refractivity contribution < 1.29 is 5.11 Å². The maximum absolute atomic E-state index is 9.20. The molecule has 6 nitrogen and oxygen atoms in total. The Morgan fingerprint density at radius 2 is 2.06 bits per heavy atom. The molecule has 0 bridgehead atoms. The Kier molecular flexibility index (Phi) is 5.64. The van der Waals surface area contributed by atoms with Gasteiger partial charge in [0.15, 0.2) is 0 Å². The number of aromatic nitrogens is 2. The molecule has 102 valence electrons. The van der Waals surface area contributed by atoms with E-state index in [1.165, 1.54) is 0 Å². The Balaban J connectivity index is 3.07. The van der Waals surface area contributed by atoms with Crippen molar-refractivity contribution in [2.24, 2.45) is 0 Å². The predicted octanol–water partition coefficient (Wildman–Crippen LogP) is 1.09. The molecule has 6 heteroatoms. The van der Waals surface area contributed by atoms with Gasteiger partial charge in [0.1, 0.15) is 11.6 Å². The Morgan fingerprint density at radius 1 is 1.39 bits per heavy atom. The molecule has 0 aliphatic heterocycles. The number of nitrogens with two attached hydrogens (primary N) is 1. The van der Waals surface area contributed by atoms with E-state index in [2.05, 4.69) is 34.0 Å². The summed E-state index contributed by atoms with van der Waals surface area (Å²) in [6.45, 7) is 4.89. The molecule has 4 N–H and O–H groups in total. The molecular formula is C12H23N5O. The molecule has 1 heterocycles. The second-order valence-corrected chi connectivity index (χ2v) is 4.11. The number of hydrogen-bond donors (Lipinski definition) is 3. The zero-order valence-corrected chi connectivity index (χ0v) is 11.3. The molecule has 0 spiro atoms. The number of rotatable bonds is 7. The molecule has 0 atom stereocenters. The van der Waals surface area contributed by atoms with Gasteiger partial charge in [-0.3, -0.25) is 0 Å². The summed E-state index contributed by atoms with van der Waals surface area (Å²) in [6, 6.07) is 2.20. The van der Waals surface area contributed by atoms with E-state index in [0.29, 0.717) is 18.4 Å². The lowest BCUT2D eigenvalue weighted by molar-refractivity contribution is 0.295. The third-order valence-corrected chi connectivity index (χ3v) is 3.00. The van der Waals surface area contributed by atoms with Gasteiger partial charge in [-0.1, -0.05) is 13.8 Å². The van der Waals surface area contributed by atoms with Crippen LogP contribution in [-0.4, -0.2) is 41.3 Å². The molecular weight excluding hydrogens is 230 g/mol. The van der Waals surface area contributed by atoms with Crippen molar-refractivity contribution in [1.82, 2.24) is 9.97 Å². The van der Waals surface area contributed by atoms with Gasteiger partial charge < -0.3 is 21.1 Å². The Hall–Kier alpha value is -1.56. The molecule has 18 heavy (non-hydrogen) atoms. The molecule has 1 aromatic rings. The van der Waals surface area contributed by atoms with Crippen molar-refractivity contribution in [3.8, 4) is 0 Å². The van der Waals surface area contributed by atoms with Crippen LogP contribution in [0.2, 0.25) is 0 Å². The van der Waals surface area contributed by atoms with Crippen LogP contribution in [0.3, 0.4) is 0 Å². The average Bonchev–Trinajstić information content (AvgIpc) is 2.38. The van der Waals surface area contributed by atoms with E-state index in [1.54, 1.807) is 7.05 Å². The van der Waals surface area contributed by atoms with Crippen LogP contribution in [0.1, 0.15) is 26.7 Å². The van der Waals surface area contributed by atoms with Crippen LogP contribution in [0.4, 0.5) is 17.6 Å². The summed E-state index contributed by atoms with van der Waals surface area (Å²) in [5.41, 5.74) is 5.70. The van der Waals surface area contributed by atoms with Gasteiger partial charge in [0.05, 0.1) is 6.61 Å². The fraction of sp³-hybridized carbons (Fsp3) is 0.667. The molecule has 1 aromatic heterocycles. The summed E-state index contributed by atoms with van der Waals surface area (Å²) in [7, 11) is 1.79. The highest BCUT2D eigenvalue weighted by Crippen LogP contribution is 2.21. The van der Waals surface area contributed by atoms with Gasteiger partial charge in [-0.2, -0.15) is 9.97 Å². The maximum atomic E-state index is 9.20. The lowest BCUT2D eigenvalue weighted by Crippen LogP contribution is -2.37. The summed E-state index contributed by atoms with van der Waals surface area (Å²) in [5.74, 6) is 1.69. The van der Waals surface area contributed by atoms with E-state index >= 15 is 0 Å². The van der Waals surface area contributed by atoms with Crippen LogP contribution in [0.25, 0.3) is 0 Å². The van der Waals surface area contributed by atoms with Gasteiger partial charge in [-0.25, -0.2) is 0 Å². The predicted molar refractivity (Wildman–Crippen MR) is 74.8 cm³/mol. The van der Waals surface area contributed by atoms with E-state index in [1.807, 2.05) is 6.07 Å². The van der Waals surface area contributed by atoms with Crippen LogP contribution in [0, 0.1) is 0 Å². The number of aliphatic hydroxyl groups is 1. The van der Waals surface area contributed by atoms with E-state index in [4.69, 9.17) is 5.73 Å². The number of nitrogens with zero attached hydrogens (tertiary/aromatic N) is 3. The molecule has 1 rings (SSSR count). The molecule has 0 saturated heterocycles. The summed E-state index contributed by atoms with van der Waals surface area (Å²) in [6.07, 6.45) is 1.99. The maximum Gasteiger partial charge on any atom is 0.223 e. The van der Waals surface area contributed by atoms with Crippen molar-refractivity contribution in [3.63, 3.8) is 0 Å². The fourth-order valence-electron chi connectivity index (χ4n) is 2.05. The van der Waals surface area contributed by atoms with Crippen LogP contribution in [0.15, 0.2) is 6.07 Å². The first kappa shape index (κ1) is 14.5. The number of anilines is 3. The first-order chi connectivity index (χ1) is 8.65. The number of aliphatic hydroxyl groups excluding tert-OH is 1. The van der Waals surface area contributed by atoms with E-state index in [-0.39, 0.29) is 12.6 Å². The minimum atomic E-state index is 0.0926. The van der Waals surface area contributed by atoms with Gasteiger partial charge in [0.25, 0.3) is 0 Å². The summed E-state index contributed by atoms with van der Waals surface area (Å²) < 4.78 is 0. The van der Waals surface area contributed by atoms with E-state index in [9.17, 15) is 5.11 Å². The summed E-state index contributed by atoms with van der Waals surface area (Å²) in [5, 5.41) is 12.2. The molecule has 0 radical (unpaired) electrons. The Labute approximate surface area is 108 Å². The first-order valence-electron chi connectivity index (χ1n) is 6.36. The van der Waals surface area contributed by atoms with E-state index in [0.717, 1.165) is 18.7 Å². The highest BCUT2D eigenvalue weighted by atomic mass is 16.3. The first-order valence-corrected chi connectivity index (χ1v) is 6.36. The number of nitrogen functional groups attached to an aromatic ring is 1. The second-order valence-electron chi connectivity index (χ2n) is 4.11. The summed E-state index contributed by atoms with van der Waals surface area (Å²) in [4.78, 5) is 10.4. The normalized spacial score (nSPS) is 10.7. The highest BCUT2D eigenvalue weighted by molar-refractivity contribution is 5.52. The Bertz CT molecular complexity index is 367. The van der Waals surface area contributed by atoms with Gasteiger partial charge in [0, 0.05) is 25.7 Å². The van der Waals surface area contributed by atoms with Gasteiger partial charge >= 0.3 is 0 Å². The van der Waals surface area contributed by atoms with Crippen LogP contribution in [-0.2, 0) is 0 Å². The van der Waals surface area contributed by atoms with Crippen molar-refractivity contribution in [2.75, 3.05) is 36.1 Å². The van der Waals surface area contributed by atoms with Crippen molar-refractivity contribution >= 4 is 17.6 Å². The monoisotopic (exact) mass is 253 g/mol. The molecule has 0 amide bonds. The number of hydrogen-bond acceptors (Lipinski definition) is 6. The lowest BCUT2D eigenvalue weighted by atomic mass is 10.1. The average molecular weight is 253 g/mol. The zero-order valence-electron chi connectivity index (χ0n) is 11.3. The largest absolute Gasteiger partial charge is 0.395 e. The molecule has 0 unspecified atom stereocenters. The standard InChI is InChI=1S/C12H23N5O/c1-4-9(5-2)17(6-7-18)11-8-10(14-3)15-12(13)16-11/h8-9,18H,4-7H2,1-3H3,(H3,13,14,15,16). The minimum absolute atomic E-state index is 0.0926. The lowest BCUT2D eigenvalue weighted by Gasteiger charge is -2.31. The molecule has 0 aromatic carbocycles. The highest BCUT2D eigenvalue weighted by Gasteiger charge is 2.17. The van der Waals surface area contributed by atoms with Gasteiger partial charge in [-0.05, 0) is 12.8 Å². The van der Waals surface area contributed by atoms with E-state index < -0.39 is 0 Å². The van der Waals surface area contributed by atoms with Gasteiger partial charge in [0.2, 0.25) is 5.95 Å². The van der Waals surface area contributed by atoms with Crippen molar-refractivity contribution in [1.29, 1.82) is 0 Å². The molecule has 0 aliphatic rings. The quantitative estimate of drug-likeness (QED) is 0.674. The molecule has 0 aliphatic carbocycles. The smallest absolute Gasteiger partial charge is 0.223 e. The molecule has 0 fully saturated rings. The van der Waals surface area contributed by atoms with Crippen molar-refractivity contribution in [3.05, 3.63) is 6.07 Å². The molecule has 0 saturated carbocycles. The van der Waals surface area contributed by atoms with Crippen LogP contribution >= 0.6 is 0 Å². The second kappa shape index (κ2) is 7.00. The SMILES string of the molecule is CCC(CC)N(CCO)c1cc(NC)nc(N)n1. The third-order valence-electron chi connectivity index (χ3n) is 3.00. The van der Waals surface area contributed by atoms with Crippen molar-refractivity contribution in [2.45, 2.75) is 32.7 Å². The Morgan fingerprint density at radius 3 is 2.56 bits per heavy atom. The van der Waals surface area contributed by atoms with Crippen LogP contribution in [0.5, 0.6) is 0 Å². The summed E-state index contributed by atoms with van der Waals surface area (Å²) >= 11 is 0. The zero-order chi connectivity index (χ0) is 13.5. The number of nitrogens with one attached hydrogen (secondary N) is 1. The minimum Gasteiger partial charge on any atom is -0.395 e. The van der Waals surface area contributed by atoms with Gasteiger partial charge in [-0.15, -0.1) is 0 Å².